The minimum Gasteiger partial charge on any atom is -0.462 e. The van der Waals surface area contributed by atoms with Gasteiger partial charge in [-0.15, -0.1) is 0 Å². The molecule has 31 heavy (non-hydrogen) atoms. The van der Waals surface area contributed by atoms with Gasteiger partial charge in [0.1, 0.15) is 41.7 Å². The number of rotatable bonds is 2. The molecule has 0 amide bonds. The van der Waals surface area contributed by atoms with Crippen LogP contribution < -0.4 is 11.5 Å². The summed E-state index contributed by atoms with van der Waals surface area (Å²) in [5, 5.41) is -0.185. The molecule has 0 radical (unpaired) electrons. The highest BCUT2D eigenvalue weighted by Crippen LogP contribution is 2.34. The van der Waals surface area contributed by atoms with Crippen molar-refractivity contribution < 1.29 is 22.6 Å². The molecule has 0 saturated heterocycles. The van der Waals surface area contributed by atoms with Gasteiger partial charge in [-0.2, -0.15) is 0 Å². The first-order chi connectivity index (χ1) is 14.4. The lowest BCUT2D eigenvalue weighted by atomic mass is 9.93. The van der Waals surface area contributed by atoms with E-state index in [1.165, 1.54) is 6.07 Å². The molecule has 2 aliphatic heterocycles. The Bertz CT molecular complexity index is 1080. The van der Waals surface area contributed by atoms with Gasteiger partial charge < -0.3 is 20.9 Å². The van der Waals surface area contributed by atoms with Crippen molar-refractivity contribution >= 4 is 35.2 Å². The third-order valence-corrected chi connectivity index (χ3v) is 5.43. The van der Waals surface area contributed by atoms with Crippen LogP contribution in [0.5, 0.6) is 0 Å². The molecule has 2 aromatic rings. The monoisotopic (exact) mass is 474 g/mol. The summed E-state index contributed by atoms with van der Waals surface area (Å²) in [5.74, 6) is -1.77. The Morgan fingerprint density at radius 2 is 1.35 bits per heavy atom. The highest BCUT2D eigenvalue weighted by atomic mass is 35.5. The molecule has 2 aromatic carbocycles. The molecule has 0 fully saturated rings. The fraction of sp³-hybridized carbons (Fsp3) is 0.300. The lowest BCUT2D eigenvalue weighted by molar-refractivity contribution is 0.262. The van der Waals surface area contributed by atoms with Crippen molar-refractivity contribution in [3.63, 3.8) is 0 Å². The SMILES string of the molecule is C[C@]1(c2cc(F)c(Cl)cc2F)COC(N)=N1.C[C@]1(c2ccc(F)c(Cl)c2)COC(N)=N1. The van der Waals surface area contributed by atoms with Crippen LogP contribution in [0.2, 0.25) is 10.0 Å². The number of ether oxygens (including phenoxy) is 2. The van der Waals surface area contributed by atoms with Crippen molar-refractivity contribution in [1.29, 1.82) is 0 Å². The Balaban J connectivity index is 0.000000176. The Labute approximate surface area is 186 Å². The van der Waals surface area contributed by atoms with Gasteiger partial charge in [-0.05, 0) is 43.7 Å². The van der Waals surface area contributed by atoms with Gasteiger partial charge in [0.2, 0.25) is 0 Å². The predicted octanol–water partition coefficient (Wildman–Crippen LogP) is 4.22. The number of amidine groups is 2. The van der Waals surface area contributed by atoms with Crippen molar-refractivity contribution in [2.24, 2.45) is 21.5 Å². The van der Waals surface area contributed by atoms with Crippen molar-refractivity contribution in [2.45, 2.75) is 24.9 Å². The molecule has 2 heterocycles. The summed E-state index contributed by atoms with van der Waals surface area (Å²) >= 11 is 11.2. The molecule has 0 bridgehead atoms. The van der Waals surface area contributed by atoms with Crippen LogP contribution in [0.15, 0.2) is 40.3 Å². The number of aliphatic imine (C=N–C) groups is 2. The highest BCUT2D eigenvalue weighted by Gasteiger charge is 2.36. The molecule has 166 valence electrons. The fourth-order valence-corrected chi connectivity index (χ4v) is 3.43. The normalized spacial score (nSPS) is 24.5. The van der Waals surface area contributed by atoms with E-state index in [1.54, 1.807) is 19.1 Å². The molecule has 6 nitrogen and oxygen atoms in total. The van der Waals surface area contributed by atoms with Crippen LogP contribution in [0.4, 0.5) is 13.2 Å². The Morgan fingerprint density at radius 1 is 0.806 bits per heavy atom. The van der Waals surface area contributed by atoms with Crippen LogP contribution in [0, 0.1) is 17.5 Å². The number of hydrogen-bond acceptors (Lipinski definition) is 6. The van der Waals surface area contributed by atoms with Crippen molar-refractivity contribution in [3.05, 3.63) is 69.0 Å². The Kier molecular flexibility index (Phi) is 6.29. The minimum absolute atomic E-state index is 0.0303. The van der Waals surface area contributed by atoms with Crippen molar-refractivity contribution in [2.75, 3.05) is 13.2 Å². The third-order valence-electron chi connectivity index (χ3n) is 4.85. The summed E-state index contributed by atoms with van der Waals surface area (Å²) in [5.41, 5.74) is 10.1. The second-order valence-corrected chi connectivity index (χ2v) is 8.21. The lowest BCUT2D eigenvalue weighted by Crippen LogP contribution is -2.22. The van der Waals surface area contributed by atoms with E-state index >= 15 is 0 Å². The molecule has 2 atom stereocenters. The van der Waals surface area contributed by atoms with Gasteiger partial charge in [0, 0.05) is 5.56 Å². The van der Waals surface area contributed by atoms with E-state index < -0.39 is 28.5 Å². The average molecular weight is 475 g/mol. The Hall–Kier alpha value is -2.65. The second kappa shape index (κ2) is 8.47. The van der Waals surface area contributed by atoms with E-state index in [-0.39, 0.29) is 34.3 Å². The zero-order chi connectivity index (χ0) is 23.0. The molecule has 2 aliphatic rings. The van der Waals surface area contributed by atoms with Gasteiger partial charge in [0.25, 0.3) is 12.0 Å². The van der Waals surface area contributed by atoms with Crippen LogP contribution in [0.3, 0.4) is 0 Å². The van der Waals surface area contributed by atoms with E-state index in [4.69, 9.17) is 44.1 Å². The summed E-state index contributed by atoms with van der Waals surface area (Å²) in [6.07, 6.45) is 0. The van der Waals surface area contributed by atoms with Crippen molar-refractivity contribution in [1.82, 2.24) is 0 Å². The predicted molar refractivity (Wildman–Crippen MR) is 113 cm³/mol. The topological polar surface area (TPSA) is 95.2 Å². The number of hydrogen-bond donors (Lipinski definition) is 2. The molecule has 0 unspecified atom stereocenters. The van der Waals surface area contributed by atoms with E-state index in [0.29, 0.717) is 6.61 Å². The molecule has 4 rings (SSSR count). The molecule has 4 N–H and O–H groups in total. The maximum atomic E-state index is 13.6. The van der Waals surface area contributed by atoms with Gasteiger partial charge in [-0.3, -0.25) is 0 Å². The maximum absolute atomic E-state index is 13.6. The van der Waals surface area contributed by atoms with Crippen LogP contribution >= 0.6 is 23.2 Å². The number of nitrogens with two attached hydrogens (primary N) is 2. The summed E-state index contributed by atoms with van der Waals surface area (Å²) in [4.78, 5) is 8.10. The van der Waals surface area contributed by atoms with Crippen LogP contribution in [0.1, 0.15) is 25.0 Å². The number of halogens is 5. The van der Waals surface area contributed by atoms with Crippen LogP contribution in [0.25, 0.3) is 0 Å². The van der Waals surface area contributed by atoms with Gasteiger partial charge in [0.05, 0.1) is 10.0 Å². The number of benzene rings is 2. The molecule has 0 saturated carbocycles. The quantitative estimate of drug-likeness (QED) is 0.636. The standard InChI is InChI=1S/C10H9ClF2N2O.C10H10ClFN2O/c1-10(4-16-9(14)15-10)5-2-8(13)6(11)3-7(5)12;1-10(5-15-9(13)14-10)6-2-3-8(12)7(11)4-6/h2-3H,4H2,1H3,(H2,14,15);2-4H,5H2,1H3,(H2,13,14)/t2*10-/m11/s1. The van der Waals surface area contributed by atoms with E-state index in [9.17, 15) is 13.2 Å². The molecule has 0 aromatic heterocycles. The summed E-state index contributed by atoms with van der Waals surface area (Å²) in [6, 6.07) is 6.54. The Morgan fingerprint density at radius 3 is 1.87 bits per heavy atom. The zero-order valence-electron chi connectivity index (χ0n) is 16.6. The summed E-state index contributed by atoms with van der Waals surface area (Å²) < 4.78 is 49.9. The van der Waals surface area contributed by atoms with E-state index in [0.717, 1.165) is 17.7 Å². The summed E-state index contributed by atoms with van der Waals surface area (Å²) in [7, 11) is 0. The van der Waals surface area contributed by atoms with Gasteiger partial charge in [-0.25, -0.2) is 23.2 Å². The minimum atomic E-state index is -1.00. The first-order valence-electron chi connectivity index (χ1n) is 9.00. The smallest absolute Gasteiger partial charge is 0.283 e. The summed E-state index contributed by atoms with van der Waals surface area (Å²) in [6.45, 7) is 3.90. The molecular weight excluding hydrogens is 456 g/mol. The maximum Gasteiger partial charge on any atom is 0.283 e. The second-order valence-electron chi connectivity index (χ2n) is 7.40. The first kappa shape index (κ1) is 23.0. The lowest BCUT2D eigenvalue weighted by Gasteiger charge is -2.19. The fourth-order valence-electron chi connectivity index (χ4n) is 3.10. The molecular formula is C20H19Cl2F3N4O2. The van der Waals surface area contributed by atoms with E-state index in [1.807, 2.05) is 6.92 Å². The van der Waals surface area contributed by atoms with Gasteiger partial charge >= 0.3 is 0 Å². The molecule has 11 heteroatoms. The van der Waals surface area contributed by atoms with Gasteiger partial charge in [0.15, 0.2) is 0 Å². The van der Waals surface area contributed by atoms with Gasteiger partial charge in [-0.1, -0.05) is 29.3 Å². The first-order valence-corrected chi connectivity index (χ1v) is 9.76. The third kappa shape index (κ3) is 4.83. The molecule has 0 spiro atoms. The largest absolute Gasteiger partial charge is 0.462 e. The van der Waals surface area contributed by atoms with Crippen molar-refractivity contribution in [3.8, 4) is 0 Å². The molecule has 0 aliphatic carbocycles. The number of nitrogens with zero attached hydrogens (tertiary/aromatic N) is 2. The van der Waals surface area contributed by atoms with E-state index in [2.05, 4.69) is 9.98 Å². The highest BCUT2D eigenvalue weighted by molar-refractivity contribution is 6.31. The van der Waals surface area contributed by atoms with Crippen LogP contribution in [-0.4, -0.2) is 25.3 Å². The zero-order valence-corrected chi connectivity index (χ0v) is 18.1. The average Bonchev–Trinajstić information content (AvgIpc) is 3.23. The van der Waals surface area contributed by atoms with Crippen LogP contribution in [-0.2, 0) is 20.6 Å².